The summed E-state index contributed by atoms with van der Waals surface area (Å²) in [5, 5.41) is -0.405. The Kier molecular flexibility index (Phi) is 10.6. The van der Waals surface area contributed by atoms with Gasteiger partial charge in [0.05, 0.1) is 11.0 Å². The molecule has 3 aromatic rings. The largest absolute Gasteiger partial charge is 0.328 e. The smallest absolute Gasteiger partial charge is 0.327 e. The van der Waals surface area contributed by atoms with E-state index < -0.39 is 15.3 Å². The minimum Gasteiger partial charge on any atom is -0.327 e. The molecule has 186 valence electrons. The predicted octanol–water partition coefficient (Wildman–Crippen LogP) is 8.11. The molecular weight excluding hydrogens is 444 g/mol. The molecule has 1 heterocycles. The molecule has 0 fully saturated rings. The van der Waals surface area contributed by atoms with Gasteiger partial charge in [0, 0.05) is 5.56 Å². The zero-order chi connectivity index (χ0) is 24.2. The molecule has 0 saturated heterocycles. The second-order valence-electron chi connectivity index (χ2n) is 9.37. The number of nitrogens with zero attached hydrogens (tertiary/aromatic N) is 1. The van der Waals surface area contributed by atoms with E-state index in [1.807, 2.05) is 36.4 Å². The quantitative estimate of drug-likeness (QED) is 0.159. The highest BCUT2D eigenvalue weighted by Gasteiger charge is 2.19. The average Bonchev–Trinajstić information content (AvgIpc) is 3.27. The number of unbranched alkanes of at least 4 members (excludes halogenated alkanes) is 12. The number of nitrogens with one attached hydrogen (secondary N) is 1. The van der Waals surface area contributed by atoms with Crippen LogP contribution in [0.4, 0.5) is 0 Å². The maximum Gasteiger partial charge on any atom is 0.328 e. The Hall–Kier alpha value is -2.18. The topological polar surface area (TPSA) is 83.0 Å². The summed E-state index contributed by atoms with van der Waals surface area (Å²) in [5.74, 6) is 0. The van der Waals surface area contributed by atoms with Gasteiger partial charge in [-0.1, -0.05) is 120 Å². The van der Waals surface area contributed by atoms with Gasteiger partial charge in [-0.15, -0.1) is 0 Å². The number of rotatable bonds is 16. The Labute approximate surface area is 205 Å². The van der Waals surface area contributed by atoms with Crippen molar-refractivity contribution >= 4 is 21.2 Å². The van der Waals surface area contributed by atoms with E-state index in [9.17, 15) is 13.0 Å². The summed E-state index contributed by atoms with van der Waals surface area (Å²) in [5.41, 5.74) is 4.32. The molecule has 2 N–H and O–H groups in total. The third-order valence-corrected chi connectivity index (χ3v) is 7.26. The molecule has 0 unspecified atom stereocenters. The highest BCUT2D eigenvalue weighted by atomic mass is 32.2. The van der Waals surface area contributed by atoms with Crippen LogP contribution in [-0.2, 0) is 16.5 Å². The standard InChI is InChI=1S/C28H40N2O3S/c1-2-3-4-5-6-7-8-9-10-11-12-13-15-20-24-21-22-25-27(30-28(29-25)34(31,32)33)26(24)23-18-16-14-17-19-23/h14,16-19,21-22H,2-13,15,20H2,1H3,(H,29,30)(H,31,32,33). The lowest BCUT2D eigenvalue weighted by Gasteiger charge is -2.11. The number of fused-ring (bicyclic) bond motifs is 1. The summed E-state index contributed by atoms with van der Waals surface area (Å²) in [7, 11) is -4.38. The fourth-order valence-corrected chi connectivity index (χ4v) is 5.13. The highest BCUT2D eigenvalue weighted by Crippen LogP contribution is 2.33. The summed E-state index contributed by atoms with van der Waals surface area (Å²) in [6.45, 7) is 2.27. The fourth-order valence-electron chi connectivity index (χ4n) is 4.69. The summed E-state index contributed by atoms with van der Waals surface area (Å²) in [6.07, 6.45) is 18.1. The van der Waals surface area contributed by atoms with Crippen molar-refractivity contribution in [3.05, 3.63) is 48.0 Å². The van der Waals surface area contributed by atoms with Crippen LogP contribution in [0.2, 0.25) is 0 Å². The van der Waals surface area contributed by atoms with Crippen LogP contribution in [0.1, 0.15) is 96.0 Å². The van der Waals surface area contributed by atoms with E-state index >= 15 is 0 Å². The van der Waals surface area contributed by atoms with Gasteiger partial charge in [-0.2, -0.15) is 8.42 Å². The molecule has 0 bridgehead atoms. The zero-order valence-corrected chi connectivity index (χ0v) is 21.4. The molecule has 6 heteroatoms. The lowest BCUT2D eigenvalue weighted by Crippen LogP contribution is -1.99. The van der Waals surface area contributed by atoms with Crippen LogP contribution >= 0.6 is 0 Å². The third-order valence-electron chi connectivity index (χ3n) is 6.58. The fraction of sp³-hybridized carbons (Fsp3) is 0.536. The van der Waals surface area contributed by atoms with Gasteiger partial charge in [0.2, 0.25) is 0 Å². The van der Waals surface area contributed by atoms with E-state index in [1.165, 1.54) is 77.0 Å². The molecule has 2 aromatic carbocycles. The zero-order valence-electron chi connectivity index (χ0n) is 20.6. The van der Waals surface area contributed by atoms with Crippen molar-refractivity contribution in [2.45, 2.75) is 102 Å². The van der Waals surface area contributed by atoms with Gasteiger partial charge in [0.1, 0.15) is 0 Å². The normalized spacial score (nSPS) is 11.9. The lowest BCUT2D eigenvalue weighted by atomic mass is 9.94. The molecule has 1 aromatic heterocycles. The van der Waals surface area contributed by atoms with E-state index in [1.54, 1.807) is 0 Å². The van der Waals surface area contributed by atoms with Gasteiger partial charge in [0.25, 0.3) is 5.16 Å². The molecule has 0 aliphatic carbocycles. The van der Waals surface area contributed by atoms with Crippen molar-refractivity contribution < 1.29 is 13.0 Å². The molecular formula is C28H40N2O3S. The minimum atomic E-state index is -4.38. The van der Waals surface area contributed by atoms with Crippen LogP contribution in [0.15, 0.2) is 47.6 Å². The van der Waals surface area contributed by atoms with Crippen LogP contribution in [0, 0.1) is 0 Å². The van der Waals surface area contributed by atoms with Crippen LogP contribution in [0.5, 0.6) is 0 Å². The SMILES string of the molecule is CCCCCCCCCCCCCCCc1ccc2[nH]c(S(=O)(=O)O)nc2c1-c1ccccc1. The predicted molar refractivity (Wildman–Crippen MR) is 141 cm³/mol. The number of hydrogen-bond acceptors (Lipinski definition) is 3. The molecule has 0 saturated carbocycles. The number of aryl methyl sites for hydroxylation is 1. The summed E-state index contributed by atoms with van der Waals surface area (Å²) in [6, 6.07) is 13.9. The Morgan fingerprint density at radius 3 is 1.88 bits per heavy atom. The minimum absolute atomic E-state index is 0.405. The molecule has 0 radical (unpaired) electrons. The van der Waals surface area contributed by atoms with Crippen molar-refractivity contribution in [3.63, 3.8) is 0 Å². The summed E-state index contributed by atoms with van der Waals surface area (Å²) < 4.78 is 32.6. The van der Waals surface area contributed by atoms with E-state index in [-0.39, 0.29) is 0 Å². The Morgan fingerprint density at radius 1 is 0.765 bits per heavy atom. The molecule has 34 heavy (non-hydrogen) atoms. The maximum atomic E-state index is 11.6. The van der Waals surface area contributed by atoms with Crippen LogP contribution in [-0.4, -0.2) is 22.9 Å². The van der Waals surface area contributed by atoms with Gasteiger partial charge >= 0.3 is 10.1 Å². The Morgan fingerprint density at radius 2 is 1.32 bits per heavy atom. The molecule has 0 aliphatic heterocycles. The summed E-state index contributed by atoms with van der Waals surface area (Å²) in [4.78, 5) is 6.98. The number of aromatic nitrogens is 2. The number of benzene rings is 2. The second kappa shape index (κ2) is 13.6. The van der Waals surface area contributed by atoms with Gasteiger partial charge in [-0.25, -0.2) is 4.98 Å². The van der Waals surface area contributed by atoms with E-state index in [0.717, 1.165) is 29.5 Å². The molecule has 0 spiro atoms. The molecule has 0 aliphatic rings. The van der Waals surface area contributed by atoms with E-state index in [4.69, 9.17) is 0 Å². The molecule has 0 atom stereocenters. The second-order valence-corrected chi connectivity index (χ2v) is 10.7. The lowest BCUT2D eigenvalue weighted by molar-refractivity contribution is 0.476. The molecule has 0 amide bonds. The monoisotopic (exact) mass is 484 g/mol. The van der Waals surface area contributed by atoms with Crippen LogP contribution in [0.25, 0.3) is 22.2 Å². The summed E-state index contributed by atoms with van der Waals surface area (Å²) >= 11 is 0. The Balaban J connectivity index is 1.50. The number of aromatic amines is 1. The van der Waals surface area contributed by atoms with Crippen LogP contribution in [0.3, 0.4) is 0 Å². The van der Waals surface area contributed by atoms with Crippen molar-refractivity contribution in [2.75, 3.05) is 0 Å². The molecule has 3 rings (SSSR count). The van der Waals surface area contributed by atoms with E-state index in [0.29, 0.717) is 11.0 Å². The first-order valence-corrected chi connectivity index (χ1v) is 14.5. The van der Waals surface area contributed by atoms with Crippen molar-refractivity contribution in [1.29, 1.82) is 0 Å². The van der Waals surface area contributed by atoms with Gasteiger partial charge in [0.15, 0.2) is 0 Å². The van der Waals surface area contributed by atoms with Gasteiger partial charge in [-0.05, 0) is 30.0 Å². The van der Waals surface area contributed by atoms with E-state index in [2.05, 4.69) is 23.0 Å². The van der Waals surface area contributed by atoms with Gasteiger partial charge < -0.3 is 4.98 Å². The third kappa shape index (κ3) is 7.95. The first-order chi connectivity index (χ1) is 16.5. The van der Waals surface area contributed by atoms with Crippen molar-refractivity contribution in [1.82, 2.24) is 9.97 Å². The number of H-pyrrole nitrogens is 1. The van der Waals surface area contributed by atoms with Gasteiger partial charge in [-0.3, -0.25) is 4.55 Å². The Bertz CT molecular complexity index is 1110. The van der Waals surface area contributed by atoms with Crippen molar-refractivity contribution in [3.8, 4) is 11.1 Å². The first-order valence-electron chi connectivity index (χ1n) is 13.0. The first kappa shape index (κ1) is 26.4. The van der Waals surface area contributed by atoms with Crippen LogP contribution < -0.4 is 0 Å². The molecule has 5 nitrogen and oxygen atoms in total. The maximum absolute atomic E-state index is 11.6. The number of imidazole rings is 1. The number of hydrogen-bond donors (Lipinski definition) is 2. The highest BCUT2D eigenvalue weighted by molar-refractivity contribution is 7.85. The average molecular weight is 485 g/mol. The van der Waals surface area contributed by atoms with Crippen molar-refractivity contribution in [2.24, 2.45) is 0 Å².